The van der Waals surface area contributed by atoms with Gasteiger partial charge in [-0.2, -0.15) is 5.26 Å². The fraction of sp³-hybridized carbons (Fsp3) is 0.261. The number of H-pyrrole nitrogens is 1. The molecule has 2 unspecified atom stereocenters. The van der Waals surface area contributed by atoms with Crippen LogP contribution in [0.1, 0.15) is 30.9 Å². The molecule has 0 spiro atoms. The van der Waals surface area contributed by atoms with E-state index in [1.807, 2.05) is 62.4 Å². The molecule has 3 aromatic rings. The fourth-order valence-corrected chi connectivity index (χ4v) is 3.76. The van der Waals surface area contributed by atoms with Crippen molar-refractivity contribution in [1.29, 1.82) is 10.7 Å². The summed E-state index contributed by atoms with van der Waals surface area (Å²) in [6.07, 6.45) is 0. The Balaban J connectivity index is 1.89. The molecule has 0 bridgehead atoms. The van der Waals surface area contributed by atoms with Crippen LogP contribution in [0, 0.1) is 22.7 Å². The molecule has 2 aromatic carbocycles. The van der Waals surface area contributed by atoms with E-state index in [2.05, 4.69) is 16.3 Å². The molecule has 0 saturated carbocycles. The van der Waals surface area contributed by atoms with Gasteiger partial charge in [0.05, 0.1) is 30.5 Å². The summed E-state index contributed by atoms with van der Waals surface area (Å²) in [6, 6.07) is 17.6. The van der Waals surface area contributed by atoms with Crippen LogP contribution >= 0.6 is 0 Å². The van der Waals surface area contributed by atoms with Gasteiger partial charge in [-0.25, -0.2) is 0 Å². The predicted octanol–water partition coefficient (Wildman–Crippen LogP) is 4.52. The van der Waals surface area contributed by atoms with E-state index in [-0.39, 0.29) is 5.90 Å². The van der Waals surface area contributed by atoms with Crippen LogP contribution in [0.5, 0.6) is 17.4 Å². The monoisotopic (exact) mass is 402 g/mol. The topological polar surface area (TPSA) is 104 Å². The summed E-state index contributed by atoms with van der Waals surface area (Å²) < 4.78 is 17.1. The third-order valence-electron chi connectivity index (χ3n) is 5.03. The zero-order valence-corrected chi connectivity index (χ0v) is 16.8. The molecule has 30 heavy (non-hydrogen) atoms. The van der Waals surface area contributed by atoms with Crippen LogP contribution < -0.4 is 14.2 Å². The van der Waals surface area contributed by atoms with Crippen molar-refractivity contribution in [2.75, 3.05) is 13.2 Å². The van der Waals surface area contributed by atoms with Crippen molar-refractivity contribution in [1.82, 2.24) is 10.2 Å². The lowest BCUT2D eigenvalue weighted by Crippen LogP contribution is -2.30. The number of hydrogen-bond acceptors (Lipinski definition) is 6. The summed E-state index contributed by atoms with van der Waals surface area (Å²) in [5.74, 6) is 0.238. The molecule has 1 aliphatic heterocycles. The maximum absolute atomic E-state index is 9.87. The minimum absolute atomic E-state index is 0.118. The van der Waals surface area contributed by atoms with Crippen LogP contribution in [0.3, 0.4) is 0 Å². The second kappa shape index (κ2) is 8.29. The number of aromatic nitrogens is 2. The van der Waals surface area contributed by atoms with Gasteiger partial charge in [0.25, 0.3) is 0 Å². The van der Waals surface area contributed by atoms with Crippen molar-refractivity contribution >= 4 is 5.90 Å². The van der Waals surface area contributed by atoms with Gasteiger partial charge in [-0.15, -0.1) is 5.10 Å². The highest BCUT2D eigenvalue weighted by Crippen LogP contribution is 2.47. The highest BCUT2D eigenvalue weighted by Gasteiger charge is 2.41. The molecule has 1 aliphatic rings. The Morgan fingerprint density at radius 3 is 2.53 bits per heavy atom. The smallest absolute Gasteiger partial charge is 0.244 e. The number of hydrogen-bond donors (Lipinski definition) is 2. The maximum Gasteiger partial charge on any atom is 0.244 e. The van der Waals surface area contributed by atoms with Crippen molar-refractivity contribution < 1.29 is 14.2 Å². The molecule has 2 N–H and O–H groups in total. The highest BCUT2D eigenvalue weighted by molar-refractivity contribution is 5.86. The Morgan fingerprint density at radius 2 is 1.83 bits per heavy atom. The van der Waals surface area contributed by atoms with E-state index in [0.717, 1.165) is 22.4 Å². The maximum atomic E-state index is 9.87. The SMILES string of the molecule is CCOc1ccc(C2c3c(n[nH]c3-c3ccccc3)OC(=N)C2C#N)cc1OCC. The van der Waals surface area contributed by atoms with Crippen LogP contribution in [0.25, 0.3) is 11.3 Å². The van der Waals surface area contributed by atoms with Gasteiger partial charge in [0, 0.05) is 5.92 Å². The number of ether oxygens (including phenoxy) is 3. The molecule has 2 atom stereocenters. The molecule has 7 nitrogen and oxygen atoms in total. The molecule has 4 rings (SSSR count). The van der Waals surface area contributed by atoms with E-state index in [9.17, 15) is 5.26 Å². The number of nitrogens with one attached hydrogen (secondary N) is 2. The zero-order chi connectivity index (χ0) is 21.1. The summed E-state index contributed by atoms with van der Waals surface area (Å²) in [7, 11) is 0. The molecular weight excluding hydrogens is 380 g/mol. The summed E-state index contributed by atoms with van der Waals surface area (Å²) in [4.78, 5) is 0. The molecule has 7 heteroatoms. The Morgan fingerprint density at radius 1 is 1.10 bits per heavy atom. The molecule has 0 radical (unpaired) electrons. The second-order valence-electron chi connectivity index (χ2n) is 6.81. The molecule has 0 saturated heterocycles. The van der Waals surface area contributed by atoms with E-state index in [4.69, 9.17) is 19.6 Å². The number of nitrogens with zero attached hydrogens (tertiary/aromatic N) is 2. The van der Waals surface area contributed by atoms with E-state index in [0.29, 0.717) is 30.6 Å². The van der Waals surface area contributed by atoms with Crippen molar-refractivity contribution in [3.05, 3.63) is 59.7 Å². The first-order chi connectivity index (χ1) is 14.7. The molecule has 152 valence electrons. The fourth-order valence-electron chi connectivity index (χ4n) is 3.76. The molecule has 2 heterocycles. The average Bonchev–Trinajstić information content (AvgIpc) is 3.18. The van der Waals surface area contributed by atoms with Gasteiger partial charge >= 0.3 is 0 Å². The third kappa shape index (κ3) is 3.37. The zero-order valence-electron chi connectivity index (χ0n) is 16.8. The third-order valence-corrected chi connectivity index (χ3v) is 5.03. The van der Waals surface area contributed by atoms with Crippen molar-refractivity contribution in [3.63, 3.8) is 0 Å². The largest absolute Gasteiger partial charge is 0.490 e. The van der Waals surface area contributed by atoms with Crippen LogP contribution in [-0.4, -0.2) is 29.3 Å². The second-order valence-corrected chi connectivity index (χ2v) is 6.81. The van der Waals surface area contributed by atoms with Gasteiger partial charge in [-0.1, -0.05) is 36.4 Å². The lowest BCUT2D eigenvalue weighted by Gasteiger charge is -2.28. The van der Waals surface area contributed by atoms with Crippen LogP contribution in [0.15, 0.2) is 48.5 Å². The van der Waals surface area contributed by atoms with Gasteiger partial charge < -0.3 is 14.2 Å². The Labute approximate surface area is 174 Å². The Kier molecular flexibility index (Phi) is 5.40. The number of benzene rings is 2. The average molecular weight is 402 g/mol. The Bertz CT molecular complexity index is 1100. The van der Waals surface area contributed by atoms with Gasteiger partial charge in [-0.3, -0.25) is 10.5 Å². The van der Waals surface area contributed by atoms with Gasteiger partial charge in [0.2, 0.25) is 11.8 Å². The summed E-state index contributed by atoms with van der Waals surface area (Å²) >= 11 is 0. The van der Waals surface area contributed by atoms with E-state index >= 15 is 0 Å². The number of nitriles is 1. The Hall–Kier alpha value is -3.79. The van der Waals surface area contributed by atoms with Gasteiger partial charge in [0.1, 0.15) is 5.92 Å². The molecule has 0 aliphatic carbocycles. The van der Waals surface area contributed by atoms with Crippen molar-refractivity contribution in [2.24, 2.45) is 5.92 Å². The number of fused-ring (bicyclic) bond motifs is 1. The van der Waals surface area contributed by atoms with Crippen molar-refractivity contribution in [2.45, 2.75) is 19.8 Å². The first kappa shape index (κ1) is 19.5. The van der Waals surface area contributed by atoms with Gasteiger partial charge in [0.15, 0.2) is 11.5 Å². The van der Waals surface area contributed by atoms with Crippen molar-refractivity contribution in [3.8, 4) is 34.7 Å². The van der Waals surface area contributed by atoms with Crippen LogP contribution in [0.4, 0.5) is 0 Å². The standard InChI is InChI=1S/C23H22N4O3/c1-3-28-17-11-10-15(12-18(17)29-4-2)19-16(13-24)22(25)30-23-20(19)21(26-27-23)14-8-6-5-7-9-14/h5-12,16,19,25H,3-4H2,1-2H3,(H,26,27). The van der Waals surface area contributed by atoms with Crippen LogP contribution in [-0.2, 0) is 0 Å². The normalized spacial score (nSPS) is 17.6. The first-order valence-electron chi connectivity index (χ1n) is 9.87. The predicted molar refractivity (Wildman–Crippen MR) is 112 cm³/mol. The number of aromatic amines is 1. The van der Waals surface area contributed by atoms with E-state index < -0.39 is 11.8 Å². The molecule has 1 aromatic heterocycles. The lowest BCUT2D eigenvalue weighted by atomic mass is 9.78. The summed E-state index contributed by atoms with van der Waals surface area (Å²) in [5.41, 5.74) is 3.30. The molecule has 0 fully saturated rings. The molecular formula is C23H22N4O3. The molecule has 0 amide bonds. The summed E-state index contributed by atoms with van der Waals surface area (Å²) in [5, 5.41) is 25.4. The minimum atomic E-state index is -0.787. The number of rotatable bonds is 6. The minimum Gasteiger partial charge on any atom is -0.490 e. The van der Waals surface area contributed by atoms with Crippen LogP contribution in [0.2, 0.25) is 0 Å². The first-order valence-corrected chi connectivity index (χ1v) is 9.87. The van der Waals surface area contributed by atoms with E-state index in [1.165, 1.54) is 0 Å². The highest BCUT2D eigenvalue weighted by atomic mass is 16.5. The summed E-state index contributed by atoms with van der Waals surface area (Å²) in [6.45, 7) is 4.83. The van der Waals surface area contributed by atoms with Gasteiger partial charge in [-0.05, 0) is 37.1 Å². The van der Waals surface area contributed by atoms with E-state index in [1.54, 1.807) is 0 Å². The lowest BCUT2D eigenvalue weighted by molar-refractivity contribution is 0.287. The quantitative estimate of drug-likeness (QED) is 0.631.